The number of nitro benzene ring substituents is 1. The van der Waals surface area contributed by atoms with Crippen LogP contribution >= 0.6 is 0 Å². The monoisotopic (exact) mass is 401 g/mol. The number of esters is 1. The van der Waals surface area contributed by atoms with Gasteiger partial charge in [-0.3, -0.25) is 20.2 Å². The first-order valence-electron chi connectivity index (χ1n) is 8.39. The Labute approximate surface area is 166 Å². The summed E-state index contributed by atoms with van der Waals surface area (Å²) in [6.45, 7) is 3.07. The molecule has 0 aliphatic heterocycles. The molecule has 0 fully saturated rings. The molecule has 0 saturated carbocycles. The zero-order valence-corrected chi connectivity index (χ0v) is 16.0. The first-order valence-corrected chi connectivity index (χ1v) is 8.39. The molecule has 10 nitrogen and oxygen atoms in total. The van der Waals surface area contributed by atoms with Crippen LogP contribution in [0.15, 0.2) is 36.4 Å². The number of carbonyl (C=O) groups excluding carboxylic acids is 3. The summed E-state index contributed by atoms with van der Waals surface area (Å²) in [7, 11) is 1.15. The number of methoxy groups -OCH3 is 1. The fraction of sp³-hybridized carbons (Fsp3) is 0.211. The number of amides is 3. The molecule has 0 saturated heterocycles. The van der Waals surface area contributed by atoms with E-state index in [4.69, 9.17) is 4.74 Å². The maximum Gasteiger partial charge on any atom is 0.338 e. The Morgan fingerprint density at radius 1 is 1.14 bits per heavy atom. The molecule has 2 aromatic rings. The average Bonchev–Trinajstić information content (AvgIpc) is 2.69. The van der Waals surface area contributed by atoms with Gasteiger partial charge in [-0.1, -0.05) is 12.1 Å². The summed E-state index contributed by atoms with van der Waals surface area (Å²) in [5.41, 5.74) is 1.82. The molecule has 0 atom stereocenters. The molecule has 0 heterocycles. The van der Waals surface area contributed by atoms with Crippen molar-refractivity contribution in [3.63, 3.8) is 0 Å². The van der Waals surface area contributed by atoms with Crippen LogP contribution in [0.5, 0.6) is 5.75 Å². The molecule has 2 rings (SSSR count). The van der Waals surface area contributed by atoms with Crippen LogP contribution in [0, 0.1) is 24.0 Å². The van der Waals surface area contributed by atoms with Crippen LogP contribution in [0.2, 0.25) is 0 Å². The van der Waals surface area contributed by atoms with E-state index in [0.717, 1.165) is 24.3 Å². The maximum atomic E-state index is 12.0. The molecule has 0 unspecified atom stereocenters. The van der Waals surface area contributed by atoms with E-state index in [1.165, 1.54) is 12.1 Å². The van der Waals surface area contributed by atoms with Gasteiger partial charge in [-0.25, -0.2) is 9.59 Å². The minimum atomic E-state index is -0.806. The number of rotatable bonds is 6. The molecular weight excluding hydrogens is 382 g/mol. The quantitative estimate of drug-likeness (QED) is 0.431. The van der Waals surface area contributed by atoms with Gasteiger partial charge in [0.2, 0.25) is 0 Å². The van der Waals surface area contributed by atoms with Gasteiger partial charge in [0.1, 0.15) is 0 Å². The van der Waals surface area contributed by atoms with E-state index in [9.17, 15) is 24.5 Å². The Morgan fingerprint density at radius 2 is 1.86 bits per heavy atom. The first kappa shape index (κ1) is 21.4. The molecule has 0 aliphatic carbocycles. The van der Waals surface area contributed by atoms with E-state index in [-0.39, 0.29) is 11.3 Å². The van der Waals surface area contributed by atoms with Crippen molar-refractivity contribution in [2.24, 2.45) is 0 Å². The minimum Gasteiger partial charge on any atom is -0.477 e. The number of nitro groups is 1. The highest BCUT2D eigenvalue weighted by Gasteiger charge is 2.20. The molecule has 152 valence electrons. The Bertz CT molecular complexity index is 972. The number of carbonyl (C=O) groups is 3. The lowest BCUT2D eigenvalue weighted by Gasteiger charge is -2.11. The number of nitrogens with zero attached hydrogens (tertiary/aromatic N) is 1. The number of anilines is 1. The average molecular weight is 401 g/mol. The predicted molar refractivity (Wildman–Crippen MR) is 103 cm³/mol. The van der Waals surface area contributed by atoms with E-state index < -0.39 is 35.1 Å². The van der Waals surface area contributed by atoms with E-state index in [1.54, 1.807) is 12.1 Å². The Kier molecular flexibility index (Phi) is 6.85. The van der Waals surface area contributed by atoms with E-state index in [0.29, 0.717) is 5.69 Å². The third-order valence-electron chi connectivity index (χ3n) is 4.04. The number of nitrogens with one attached hydrogen (secondary N) is 2. The van der Waals surface area contributed by atoms with Gasteiger partial charge in [0.15, 0.2) is 12.4 Å². The largest absolute Gasteiger partial charge is 0.477 e. The molecule has 3 amide bonds. The van der Waals surface area contributed by atoms with Gasteiger partial charge in [0.05, 0.1) is 17.6 Å². The molecule has 2 N–H and O–H groups in total. The second-order valence-electron chi connectivity index (χ2n) is 5.97. The van der Waals surface area contributed by atoms with Crippen LogP contribution in [0.1, 0.15) is 21.5 Å². The highest BCUT2D eigenvalue weighted by Crippen LogP contribution is 2.28. The van der Waals surface area contributed by atoms with Gasteiger partial charge in [-0.15, -0.1) is 0 Å². The maximum absolute atomic E-state index is 12.0. The normalized spacial score (nSPS) is 10.0. The summed E-state index contributed by atoms with van der Waals surface area (Å²) in [5.74, 6) is -1.78. The third-order valence-corrected chi connectivity index (χ3v) is 4.04. The second kappa shape index (κ2) is 9.31. The summed E-state index contributed by atoms with van der Waals surface area (Å²) in [6.07, 6.45) is 0. The van der Waals surface area contributed by atoms with Crippen LogP contribution in [0.25, 0.3) is 0 Å². The molecule has 0 spiro atoms. The molecular formula is C19H19N3O7. The smallest absolute Gasteiger partial charge is 0.338 e. The van der Waals surface area contributed by atoms with Crippen molar-refractivity contribution >= 4 is 29.3 Å². The van der Waals surface area contributed by atoms with E-state index in [2.05, 4.69) is 15.4 Å². The highest BCUT2D eigenvalue weighted by atomic mass is 16.6. The van der Waals surface area contributed by atoms with Crippen molar-refractivity contribution < 1.29 is 28.8 Å². The third kappa shape index (κ3) is 5.51. The van der Waals surface area contributed by atoms with Gasteiger partial charge in [0, 0.05) is 11.8 Å². The molecule has 0 aliphatic rings. The standard InChI is InChI=1S/C19H19N3O7/c1-11-5-4-6-14(12(11)2)20-19(25)21-17(23)10-29-16-8-7-13(18(24)28-3)9-15(16)22(26)27/h4-9H,10H2,1-3H3,(H2,20,21,23,25). The lowest BCUT2D eigenvalue weighted by Crippen LogP contribution is -2.37. The fourth-order valence-electron chi connectivity index (χ4n) is 2.37. The Morgan fingerprint density at radius 3 is 2.52 bits per heavy atom. The van der Waals surface area contributed by atoms with Crippen molar-refractivity contribution in [1.82, 2.24) is 5.32 Å². The van der Waals surface area contributed by atoms with Crippen LogP contribution < -0.4 is 15.4 Å². The minimum absolute atomic E-state index is 0.0381. The molecule has 2 aromatic carbocycles. The number of benzene rings is 2. The Hall–Kier alpha value is -3.95. The molecule has 0 radical (unpaired) electrons. The van der Waals surface area contributed by atoms with Gasteiger partial charge >= 0.3 is 17.7 Å². The number of hydrogen-bond acceptors (Lipinski definition) is 7. The SMILES string of the molecule is COC(=O)c1ccc(OCC(=O)NC(=O)Nc2cccc(C)c2C)c([N+](=O)[O-])c1. The summed E-state index contributed by atoms with van der Waals surface area (Å²) < 4.78 is 9.64. The number of ether oxygens (including phenoxy) is 2. The number of aryl methyl sites for hydroxylation is 1. The summed E-state index contributed by atoms with van der Waals surface area (Å²) in [4.78, 5) is 45.8. The van der Waals surface area contributed by atoms with Crippen molar-refractivity contribution in [3.05, 3.63) is 63.2 Å². The van der Waals surface area contributed by atoms with Gasteiger partial charge in [0.25, 0.3) is 5.91 Å². The highest BCUT2D eigenvalue weighted by molar-refractivity contribution is 6.02. The molecule has 10 heteroatoms. The molecule has 29 heavy (non-hydrogen) atoms. The Balaban J connectivity index is 1.99. The second-order valence-corrected chi connectivity index (χ2v) is 5.97. The van der Waals surface area contributed by atoms with Crippen LogP contribution in [-0.4, -0.2) is 36.5 Å². The van der Waals surface area contributed by atoms with E-state index >= 15 is 0 Å². The van der Waals surface area contributed by atoms with Crippen LogP contribution in [0.4, 0.5) is 16.2 Å². The summed E-state index contributed by atoms with van der Waals surface area (Å²) in [5, 5.41) is 15.8. The zero-order valence-electron chi connectivity index (χ0n) is 16.0. The molecule has 0 aromatic heterocycles. The van der Waals surface area contributed by atoms with E-state index in [1.807, 2.05) is 19.9 Å². The van der Waals surface area contributed by atoms with Crippen LogP contribution in [-0.2, 0) is 9.53 Å². The van der Waals surface area contributed by atoms with Crippen molar-refractivity contribution in [3.8, 4) is 5.75 Å². The number of urea groups is 1. The van der Waals surface area contributed by atoms with Gasteiger partial charge < -0.3 is 14.8 Å². The number of hydrogen-bond donors (Lipinski definition) is 2. The predicted octanol–water partition coefficient (Wildman–Crippen LogP) is 2.73. The first-order chi connectivity index (χ1) is 13.7. The summed E-state index contributed by atoms with van der Waals surface area (Å²) in [6, 6.07) is 7.99. The fourth-order valence-corrected chi connectivity index (χ4v) is 2.37. The number of imide groups is 1. The topological polar surface area (TPSA) is 137 Å². The van der Waals surface area contributed by atoms with Gasteiger partial charge in [-0.05, 0) is 43.2 Å². The molecule has 0 bridgehead atoms. The van der Waals surface area contributed by atoms with Crippen LogP contribution in [0.3, 0.4) is 0 Å². The lowest BCUT2D eigenvalue weighted by atomic mass is 10.1. The summed E-state index contributed by atoms with van der Waals surface area (Å²) >= 11 is 0. The van der Waals surface area contributed by atoms with Crippen molar-refractivity contribution in [2.45, 2.75) is 13.8 Å². The zero-order chi connectivity index (χ0) is 21.6. The van der Waals surface area contributed by atoms with Crippen molar-refractivity contribution in [1.29, 1.82) is 0 Å². The van der Waals surface area contributed by atoms with Gasteiger partial charge in [-0.2, -0.15) is 0 Å². The van der Waals surface area contributed by atoms with Crippen molar-refractivity contribution in [2.75, 3.05) is 19.0 Å². The lowest BCUT2D eigenvalue weighted by molar-refractivity contribution is -0.385.